The summed E-state index contributed by atoms with van der Waals surface area (Å²) >= 11 is 5.02. The number of ether oxygens (including phenoxy) is 2. The number of halogens is 1. The van der Waals surface area contributed by atoms with Crippen LogP contribution >= 0.6 is 27.7 Å². The predicted octanol–water partition coefficient (Wildman–Crippen LogP) is 8.62. The number of hydrogen-bond donors (Lipinski definition) is 0. The molecule has 5 nitrogen and oxygen atoms in total. The number of nitrogens with zero attached hydrogens (tertiary/aromatic N) is 2. The van der Waals surface area contributed by atoms with Crippen molar-refractivity contribution in [3.05, 3.63) is 87.7 Å². The number of carbonyl (C=O) groups is 1. The maximum Gasteiger partial charge on any atom is 0.271 e. The topological polar surface area (TPSA) is 51.1 Å². The number of amides is 1. The van der Waals surface area contributed by atoms with Gasteiger partial charge in [-0.15, -0.1) is 0 Å². The van der Waals surface area contributed by atoms with Gasteiger partial charge < -0.3 is 9.47 Å². The molecule has 0 saturated carbocycles. The molecule has 1 aliphatic heterocycles. The monoisotopic (exact) mass is 578 g/mol. The highest BCUT2D eigenvalue weighted by molar-refractivity contribution is 9.10. The molecule has 3 aromatic carbocycles. The lowest BCUT2D eigenvalue weighted by Crippen LogP contribution is -2.28. The van der Waals surface area contributed by atoms with Crippen LogP contribution in [0, 0.1) is 0 Å². The smallest absolute Gasteiger partial charge is 0.271 e. The lowest BCUT2D eigenvalue weighted by molar-refractivity contribution is -0.113. The van der Waals surface area contributed by atoms with Gasteiger partial charge in [0.15, 0.2) is 16.7 Å². The quantitative estimate of drug-likeness (QED) is 0.169. The average molecular weight is 580 g/mol. The molecule has 0 unspecified atom stereocenters. The Labute approximate surface area is 231 Å². The fraction of sp³-hybridized carbons (Fsp3) is 0.267. The number of unbranched alkanes of at least 4 members (excludes halogenated alkanes) is 3. The second-order valence-electron chi connectivity index (χ2n) is 8.49. The highest BCUT2D eigenvalue weighted by atomic mass is 79.9. The van der Waals surface area contributed by atoms with E-state index in [-0.39, 0.29) is 5.91 Å². The van der Waals surface area contributed by atoms with Crippen LogP contribution in [-0.4, -0.2) is 24.3 Å². The number of aliphatic imine (C=N–C) groups is 1. The van der Waals surface area contributed by atoms with Gasteiger partial charge in [0.1, 0.15) is 0 Å². The molecule has 0 bridgehead atoms. The first-order valence-corrected chi connectivity index (χ1v) is 14.2. The summed E-state index contributed by atoms with van der Waals surface area (Å²) in [6, 6.07) is 23.2. The van der Waals surface area contributed by atoms with Crippen LogP contribution in [0.4, 0.5) is 11.4 Å². The molecule has 0 aromatic heterocycles. The van der Waals surface area contributed by atoms with Gasteiger partial charge in [-0.25, -0.2) is 4.99 Å². The molecule has 0 aliphatic carbocycles. The van der Waals surface area contributed by atoms with Crippen LogP contribution in [0.1, 0.15) is 45.1 Å². The molecule has 1 heterocycles. The first-order chi connectivity index (χ1) is 18.1. The number of anilines is 1. The van der Waals surface area contributed by atoms with E-state index in [4.69, 9.17) is 14.5 Å². The number of hydrogen-bond acceptors (Lipinski definition) is 5. The highest BCUT2D eigenvalue weighted by Crippen LogP contribution is 2.41. The van der Waals surface area contributed by atoms with Crippen molar-refractivity contribution < 1.29 is 14.3 Å². The van der Waals surface area contributed by atoms with Gasteiger partial charge in [-0.3, -0.25) is 9.69 Å². The number of rotatable bonds is 11. The van der Waals surface area contributed by atoms with E-state index in [2.05, 4.69) is 22.9 Å². The van der Waals surface area contributed by atoms with Crippen LogP contribution in [0.5, 0.6) is 11.5 Å². The summed E-state index contributed by atoms with van der Waals surface area (Å²) in [5.74, 6) is 1.24. The van der Waals surface area contributed by atoms with Gasteiger partial charge >= 0.3 is 0 Å². The zero-order valence-corrected chi connectivity index (χ0v) is 23.6. The van der Waals surface area contributed by atoms with E-state index in [0.29, 0.717) is 34.8 Å². The molecule has 0 atom stereocenters. The van der Waals surface area contributed by atoms with E-state index in [1.807, 2.05) is 85.8 Å². The van der Waals surface area contributed by atoms with Crippen LogP contribution in [-0.2, 0) is 4.79 Å². The third-order valence-corrected chi connectivity index (χ3v) is 7.23. The van der Waals surface area contributed by atoms with Crippen LogP contribution in [0.3, 0.4) is 0 Å². The summed E-state index contributed by atoms with van der Waals surface area (Å²) in [6.45, 7) is 5.30. The van der Waals surface area contributed by atoms with Crippen molar-refractivity contribution in [1.29, 1.82) is 0 Å². The third kappa shape index (κ3) is 7.05. The van der Waals surface area contributed by atoms with E-state index in [9.17, 15) is 4.79 Å². The molecule has 0 radical (unpaired) electrons. The summed E-state index contributed by atoms with van der Waals surface area (Å²) < 4.78 is 12.8. The first-order valence-electron chi connectivity index (χ1n) is 12.6. The zero-order chi connectivity index (χ0) is 26.0. The first kappa shape index (κ1) is 27.0. The van der Waals surface area contributed by atoms with Crippen LogP contribution < -0.4 is 14.4 Å². The molecule has 1 fully saturated rings. The van der Waals surface area contributed by atoms with E-state index < -0.39 is 0 Å². The maximum absolute atomic E-state index is 13.6. The Balaban J connectivity index is 1.65. The Hall–Kier alpha value is -3.03. The number of carbonyl (C=O) groups excluding carboxylic acids is 1. The normalized spacial score (nSPS) is 15.5. The molecule has 0 N–H and O–H groups in total. The number of amidine groups is 1. The van der Waals surface area contributed by atoms with Crippen molar-refractivity contribution in [2.24, 2.45) is 4.99 Å². The second kappa shape index (κ2) is 13.5. The molecule has 1 amide bonds. The van der Waals surface area contributed by atoms with Gasteiger partial charge in [-0.05, 0) is 89.1 Å². The molecule has 4 rings (SSSR count). The van der Waals surface area contributed by atoms with Crippen molar-refractivity contribution >= 4 is 56.2 Å². The number of para-hydroxylation sites is 2. The van der Waals surface area contributed by atoms with E-state index in [1.165, 1.54) is 24.6 Å². The van der Waals surface area contributed by atoms with Crippen LogP contribution in [0.15, 0.2) is 87.2 Å². The third-order valence-electron chi connectivity index (χ3n) is 5.68. The molecule has 1 saturated heterocycles. The van der Waals surface area contributed by atoms with Crippen LogP contribution in [0.25, 0.3) is 6.08 Å². The van der Waals surface area contributed by atoms with Gasteiger partial charge in [0, 0.05) is 0 Å². The molecule has 37 heavy (non-hydrogen) atoms. The minimum Gasteiger partial charge on any atom is -0.490 e. The molecule has 3 aromatic rings. The van der Waals surface area contributed by atoms with Crippen molar-refractivity contribution in [2.45, 2.75) is 39.5 Å². The molecular weight excluding hydrogens is 548 g/mol. The van der Waals surface area contributed by atoms with Gasteiger partial charge in [0.2, 0.25) is 0 Å². The average Bonchev–Trinajstić information content (AvgIpc) is 3.20. The van der Waals surface area contributed by atoms with E-state index in [1.54, 1.807) is 4.90 Å². The lowest BCUT2D eigenvalue weighted by Gasteiger charge is -2.15. The Morgan fingerprint density at radius 3 is 2.38 bits per heavy atom. The Morgan fingerprint density at radius 2 is 1.68 bits per heavy atom. The standard InChI is InChI=1S/C30H31BrN2O3S/c1-3-5-6-13-18-36-28-25(31)19-22(20-26(28)35-4-2)21-27-29(34)33(24-16-11-8-12-17-24)30(37-27)32-23-14-9-7-10-15-23/h7-12,14-17,19-21H,3-6,13,18H2,1-2H3/b27-21+,32-30?. The maximum atomic E-state index is 13.6. The summed E-state index contributed by atoms with van der Waals surface area (Å²) in [5.41, 5.74) is 2.42. The summed E-state index contributed by atoms with van der Waals surface area (Å²) in [4.78, 5) is 20.6. The molecular formula is C30H31BrN2O3S. The summed E-state index contributed by atoms with van der Waals surface area (Å²) in [7, 11) is 0. The summed E-state index contributed by atoms with van der Waals surface area (Å²) in [6.07, 6.45) is 6.42. The largest absolute Gasteiger partial charge is 0.490 e. The molecule has 192 valence electrons. The molecule has 1 aliphatic rings. The highest BCUT2D eigenvalue weighted by Gasteiger charge is 2.34. The summed E-state index contributed by atoms with van der Waals surface area (Å²) in [5, 5.41) is 0.616. The number of thioether (sulfide) groups is 1. The van der Waals surface area contributed by atoms with Gasteiger partial charge in [-0.1, -0.05) is 62.6 Å². The Morgan fingerprint density at radius 1 is 0.946 bits per heavy atom. The van der Waals surface area contributed by atoms with Crippen molar-refractivity contribution in [3.8, 4) is 11.5 Å². The lowest BCUT2D eigenvalue weighted by atomic mass is 10.1. The minimum atomic E-state index is -0.115. The van der Waals surface area contributed by atoms with Crippen molar-refractivity contribution in [1.82, 2.24) is 0 Å². The fourth-order valence-corrected chi connectivity index (χ4v) is 5.47. The van der Waals surface area contributed by atoms with E-state index >= 15 is 0 Å². The van der Waals surface area contributed by atoms with Gasteiger partial charge in [0.25, 0.3) is 5.91 Å². The van der Waals surface area contributed by atoms with Gasteiger partial charge in [-0.2, -0.15) is 0 Å². The van der Waals surface area contributed by atoms with Crippen LogP contribution in [0.2, 0.25) is 0 Å². The minimum absolute atomic E-state index is 0.115. The SMILES string of the molecule is CCCCCCOc1c(Br)cc(/C=C2/SC(=Nc3ccccc3)N(c3ccccc3)C2=O)cc1OCC. The number of benzene rings is 3. The second-order valence-corrected chi connectivity index (χ2v) is 10.4. The van der Waals surface area contributed by atoms with Crippen molar-refractivity contribution in [2.75, 3.05) is 18.1 Å². The molecule has 7 heteroatoms. The van der Waals surface area contributed by atoms with E-state index in [0.717, 1.165) is 34.3 Å². The molecule has 0 spiro atoms. The predicted molar refractivity (Wildman–Crippen MR) is 158 cm³/mol. The Kier molecular flexibility index (Phi) is 9.85. The van der Waals surface area contributed by atoms with Crippen molar-refractivity contribution in [3.63, 3.8) is 0 Å². The zero-order valence-electron chi connectivity index (χ0n) is 21.2. The Bertz CT molecular complexity index is 1260. The fourth-order valence-electron chi connectivity index (χ4n) is 3.90. The van der Waals surface area contributed by atoms with Gasteiger partial charge in [0.05, 0.1) is 34.0 Å².